The topological polar surface area (TPSA) is 94.1 Å². The van der Waals surface area contributed by atoms with Crippen molar-refractivity contribution in [3.63, 3.8) is 0 Å². The van der Waals surface area contributed by atoms with Crippen molar-refractivity contribution < 1.29 is 22.6 Å². The smallest absolute Gasteiger partial charge is 0.246 e. The molecule has 36 heavy (non-hydrogen) atoms. The summed E-state index contributed by atoms with van der Waals surface area (Å²) in [5, 5.41) is 8.77. The molecule has 0 spiro atoms. The third-order valence-electron chi connectivity index (χ3n) is 5.82. The summed E-state index contributed by atoms with van der Waals surface area (Å²) in [5.74, 6) is 2.42. The van der Waals surface area contributed by atoms with Gasteiger partial charge in [-0.15, -0.1) is 10.2 Å². The lowest BCUT2D eigenvalue weighted by atomic mass is 10.1. The van der Waals surface area contributed by atoms with Gasteiger partial charge in [0.25, 0.3) is 0 Å². The molecule has 9 nitrogen and oxygen atoms in total. The number of nitrogens with zero attached hydrogens (tertiary/aromatic N) is 4. The molecule has 1 aliphatic heterocycles. The predicted molar refractivity (Wildman–Crippen MR) is 138 cm³/mol. The van der Waals surface area contributed by atoms with E-state index in [1.807, 2.05) is 62.1 Å². The minimum absolute atomic E-state index is 0.153. The van der Waals surface area contributed by atoms with Gasteiger partial charge >= 0.3 is 0 Å². The summed E-state index contributed by atoms with van der Waals surface area (Å²) in [4.78, 5) is 2.20. The molecule has 10 heteroatoms. The van der Waals surface area contributed by atoms with Crippen LogP contribution in [0.2, 0.25) is 0 Å². The van der Waals surface area contributed by atoms with Crippen LogP contribution in [0.15, 0.2) is 59.5 Å². The van der Waals surface area contributed by atoms with E-state index in [-0.39, 0.29) is 4.90 Å². The van der Waals surface area contributed by atoms with E-state index < -0.39 is 10.0 Å². The first kappa shape index (κ1) is 25.7. The average Bonchev–Trinajstić information content (AvgIpc) is 2.90. The van der Waals surface area contributed by atoms with Gasteiger partial charge in [-0.3, -0.25) is 0 Å². The normalized spacial score (nSPS) is 14.5. The second-order valence-electron chi connectivity index (χ2n) is 8.10. The maximum atomic E-state index is 13.4. The zero-order chi connectivity index (χ0) is 25.5. The van der Waals surface area contributed by atoms with E-state index in [0.717, 1.165) is 22.8 Å². The molecule has 0 radical (unpaired) electrons. The quantitative estimate of drug-likeness (QED) is 0.404. The second-order valence-corrected chi connectivity index (χ2v) is 10.0. The summed E-state index contributed by atoms with van der Waals surface area (Å²) in [5.41, 5.74) is 1.72. The lowest BCUT2D eigenvalue weighted by molar-refractivity contribution is 0.314. The second kappa shape index (κ2) is 11.6. The molecule has 1 aromatic heterocycles. The Balaban J connectivity index is 1.43. The Bertz CT molecular complexity index is 1240. The van der Waals surface area contributed by atoms with Crippen molar-refractivity contribution in [1.82, 2.24) is 14.5 Å². The first-order valence-corrected chi connectivity index (χ1v) is 13.6. The molecule has 1 aliphatic rings. The number of anilines is 1. The van der Waals surface area contributed by atoms with Crippen LogP contribution in [0, 0.1) is 0 Å². The monoisotopic (exact) mass is 512 g/mol. The van der Waals surface area contributed by atoms with E-state index in [0.29, 0.717) is 57.5 Å². The lowest BCUT2D eigenvalue weighted by Crippen LogP contribution is -2.49. The molecule has 0 N–H and O–H groups in total. The van der Waals surface area contributed by atoms with E-state index in [1.165, 1.54) is 4.31 Å². The highest BCUT2D eigenvalue weighted by molar-refractivity contribution is 7.89. The van der Waals surface area contributed by atoms with Crippen LogP contribution in [0.25, 0.3) is 11.3 Å². The Morgan fingerprint density at radius 2 is 1.39 bits per heavy atom. The molecule has 0 saturated carbocycles. The number of aromatic nitrogens is 2. The molecule has 3 aromatic rings. The summed E-state index contributed by atoms with van der Waals surface area (Å²) < 4.78 is 44.9. The van der Waals surface area contributed by atoms with Gasteiger partial charge in [0, 0.05) is 37.8 Å². The third-order valence-corrected chi connectivity index (χ3v) is 7.76. The third kappa shape index (κ3) is 5.71. The Kier molecular flexibility index (Phi) is 8.27. The molecule has 0 aliphatic carbocycles. The zero-order valence-corrected chi connectivity index (χ0v) is 21.7. The Labute approximate surface area is 212 Å². The van der Waals surface area contributed by atoms with Gasteiger partial charge in [-0.2, -0.15) is 4.31 Å². The SMILES string of the molecule is CCOc1ccc(-c2ccc(N3CCN(S(=O)(=O)c4ccc(OCC)cc4OCC)CC3)nn2)cc1. The summed E-state index contributed by atoms with van der Waals surface area (Å²) in [6.07, 6.45) is 0. The highest BCUT2D eigenvalue weighted by atomic mass is 32.2. The van der Waals surface area contributed by atoms with Crippen molar-refractivity contribution in [3.05, 3.63) is 54.6 Å². The van der Waals surface area contributed by atoms with Crippen LogP contribution >= 0.6 is 0 Å². The van der Waals surface area contributed by atoms with Gasteiger partial charge in [0.1, 0.15) is 22.1 Å². The molecule has 1 saturated heterocycles. The van der Waals surface area contributed by atoms with Gasteiger partial charge in [0.2, 0.25) is 10.0 Å². The van der Waals surface area contributed by atoms with Crippen molar-refractivity contribution in [2.75, 3.05) is 50.9 Å². The van der Waals surface area contributed by atoms with Crippen LogP contribution in [0.1, 0.15) is 20.8 Å². The molecule has 4 rings (SSSR count). The molecule has 2 aromatic carbocycles. The Hall–Kier alpha value is -3.37. The molecular weight excluding hydrogens is 480 g/mol. The van der Waals surface area contributed by atoms with Crippen molar-refractivity contribution >= 4 is 15.8 Å². The van der Waals surface area contributed by atoms with E-state index >= 15 is 0 Å². The zero-order valence-electron chi connectivity index (χ0n) is 20.9. The van der Waals surface area contributed by atoms with E-state index in [2.05, 4.69) is 10.2 Å². The fourth-order valence-electron chi connectivity index (χ4n) is 4.06. The predicted octanol–water partition coefficient (Wildman–Crippen LogP) is 3.85. The fraction of sp³-hybridized carbons (Fsp3) is 0.385. The summed E-state index contributed by atoms with van der Waals surface area (Å²) >= 11 is 0. The standard InChI is InChI=1S/C26H32N4O5S/c1-4-33-21-9-7-20(8-10-21)23-12-14-26(28-27-23)29-15-17-30(18-16-29)36(31,32)25-13-11-22(34-5-2)19-24(25)35-6-3/h7-14,19H,4-6,15-18H2,1-3H3. The minimum atomic E-state index is -3.72. The first-order chi connectivity index (χ1) is 17.5. The van der Waals surface area contributed by atoms with Crippen LogP contribution in [0.3, 0.4) is 0 Å². The number of piperazine rings is 1. The largest absolute Gasteiger partial charge is 0.494 e. The van der Waals surface area contributed by atoms with Crippen LogP contribution in [0.4, 0.5) is 5.82 Å². The summed E-state index contributed by atoms with van der Waals surface area (Å²) in [7, 11) is -3.72. The molecule has 0 unspecified atom stereocenters. The maximum absolute atomic E-state index is 13.4. The number of benzene rings is 2. The van der Waals surface area contributed by atoms with Gasteiger partial charge in [-0.1, -0.05) is 0 Å². The maximum Gasteiger partial charge on any atom is 0.246 e. The molecular formula is C26H32N4O5S. The van der Waals surface area contributed by atoms with E-state index in [1.54, 1.807) is 18.2 Å². The first-order valence-electron chi connectivity index (χ1n) is 12.2. The number of ether oxygens (including phenoxy) is 3. The highest BCUT2D eigenvalue weighted by Crippen LogP contribution is 2.32. The van der Waals surface area contributed by atoms with Crippen molar-refractivity contribution in [2.24, 2.45) is 0 Å². The van der Waals surface area contributed by atoms with Crippen LogP contribution in [-0.2, 0) is 10.0 Å². The minimum Gasteiger partial charge on any atom is -0.494 e. The summed E-state index contributed by atoms with van der Waals surface area (Å²) in [6.45, 7) is 8.82. The van der Waals surface area contributed by atoms with Crippen LogP contribution < -0.4 is 19.1 Å². The van der Waals surface area contributed by atoms with E-state index in [9.17, 15) is 8.42 Å². The lowest BCUT2D eigenvalue weighted by Gasteiger charge is -2.34. The van der Waals surface area contributed by atoms with Crippen LogP contribution in [0.5, 0.6) is 17.2 Å². The molecule has 0 amide bonds. The molecule has 2 heterocycles. The van der Waals surface area contributed by atoms with Crippen molar-refractivity contribution in [2.45, 2.75) is 25.7 Å². The van der Waals surface area contributed by atoms with Gasteiger partial charge in [0.05, 0.1) is 25.5 Å². The average molecular weight is 513 g/mol. The van der Waals surface area contributed by atoms with Gasteiger partial charge < -0.3 is 19.1 Å². The van der Waals surface area contributed by atoms with Crippen LogP contribution in [-0.4, -0.2) is 68.9 Å². The Morgan fingerprint density at radius 3 is 2.00 bits per heavy atom. The number of hydrogen-bond donors (Lipinski definition) is 0. The molecule has 192 valence electrons. The summed E-state index contributed by atoms with van der Waals surface area (Å²) in [6, 6.07) is 16.4. The molecule has 0 atom stereocenters. The van der Waals surface area contributed by atoms with Crippen molar-refractivity contribution in [3.8, 4) is 28.5 Å². The number of sulfonamides is 1. The molecule has 0 bridgehead atoms. The van der Waals surface area contributed by atoms with Gasteiger partial charge in [0.15, 0.2) is 5.82 Å². The molecule has 1 fully saturated rings. The highest BCUT2D eigenvalue weighted by Gasteiger charge is 2.31. The van der Waals surface area contributed by atoms with Crippen molar-refractivity contribution in [1.29, 1.82) is 0 Å². The fourth-order valence-corrected chi connectivity index (χ4v) is 5.59. The Morgan fingerprint density at radius 1 is 0.750 bits per heavy atom. The number of hydrogen-bond acceptors (Lipinski definition) is 8. The van der Waals surface area contributed by atoms with Gasteiger partial charge in [-0.25, -0.2) is 8.42 Å². The number of rotatable bonds is 10. The van der Waals surface area contributed by atoms with E-state index in [4.69, 9.17) is 14.2 Å². The van der Waals surface area contributed by atoms with Gasteiger partial charge in [-0.05, 0) is 69.3 Å².